The van der Waals surface area contributed by atoms with E-state index >= 15 is 0 Å². The second-order valence-electron chi connectivity index (χ2n) is 7.29. The molecule has 0 atom stereocenters. The first-order chi connectivity index (χ1) is 16.6. The van der Waals surface area contributed by atoms with E-state index < -0.39 is 17.8 Å². The Morgan fingerprint density at radius 3 is 2.34 bits per heavy atom. The summed E-state index contributed by atoms with van der Waals surface area (Å²) in [5.41, 5.74) is 1.50. The zero-order valence-electron chi connectivity index (χ0n) is 17.5. The zero-order chi connectivity index (χ0) is 25.3. The van der Waals surface area contributed by atoms with Crippen LogP contribution in [0.2, 0.25) is 15.1 Å². The molecule has 178 valence electrons. The Hall–Kier alpha value is -2.11. The quantitative estimate of drug-likeness (QED) is 0.172. The Bertz CT molecular complexity index is 1370. The molecule has 0 bridgehead atoms. The Morgan fingerprint density at radius 2 is 1.69 bits per heavy atom. The summed E-state index contributed by atoms with van der Waals surface area (Å²) in [6.07, 6.45) is 1.42. The summed E-state index contributed by atoms with van der Waals surface area (Å²) in [4.78, 5) is 38.8. The van der Waals surface area contributed by atoms with E-state index in [-0.39, 0.29) is 17.9 Å². The number of ether oxygens (including phenoxy) is 1. The Balaban J connectivity index is 1.59. The van der Waals surface area contributed by atoms with Gasteiger partial charge in [-0.25, -0.2) is 9.69 Å². The Kier molecular flexibility index (Phi) is 8.07. The van der Waals surface area contributed by atoms with Crippen molar-refractivity contribution in [2.24, 2.45) is 0 Å². The molecule has 1 aliphatic rings. The molecule has 0 unspecified atom stereocenters. The molecule has 3 aromatic carbocycles. The molecule has 1 N–H and O–H groups in total. The summed E-state index contributed by atoms with van der Waals surface area (Å²) in [5, 5.41) is 3.54. The molecule has 0 spiro atoms. The SMILES string of the molecule is O=C1NC(=O)N(c2ccc(Cl)cc2)C(=O)/C1=C/c1cc(Br)c(OCc2ccc(Cl)c(Cl)c2)c(I)c1. The number of nitrogens with one attached hydrogen (secondary N) is 1. The third-order valence-electron chi connectivity index (χ3n) is 4.89. The molecule has 35 heavy (non-hydrogen) atoms. The fourth-order valence-corrected chi connectivity index (χ4v) is 5.45. The fourth-order valence-electron chi connectivity index (χ4n) is 3.23. The first kappa shape index (κ1) is 26.0. The number of imide groups is 2. The van der Waals surface area contributed by atoms with Gasteiger partial charge in [0.25, 0.3) is 11.8 Å². The Labute approximate surface area is 237 Å². The summed E-state index contributed by atoms with van der Waals surface area (Å²) in [6, 6.07) is 14.0. The van der Waals surface area contributed by atoms with Crippen LogP contribution in [-0.2, 0) is 16.2 Å². The van der Waals surface area contributed by atoms with Crippen LogP contribution in [0.4, 0.5) is 10.5 Å². The van der Waals surface area contributed by atoms with Crippen LogP contribution in [0.5, 0.6) is 5.75 Å². The average molecular weight is 707 g/mol. The van der Waals surface area contributed by atoms with Gasteiger partial charge in [-0.15, -0.1) is 0 Å². The molecule has 1 fully saturated rings. The average Bonchev–Trinajstić information content (AvgIpc) is 2.79. The van der Waals surface area contributed by atoms with Crippen molar-refractivity contribution in [2.45, 2.75) is 6.61 Å². The number of rotatable bonds is 5. The van der Waals surface area contributed by atoms with Crippen molar-refractivity contribution in [1.82, 2.24) is 5.32 Å². The van der Waals surface area contributed by atoms with E-state index in [9.17, 15) is 14.4 Å². The molecule has 4 rings (SSSR count). The largest absolute Gasteiger partial charge is 0.487 e. The third-order valence-corrected chi connectivity index (χ3v) is 7.27. The third kappa shape index (κ3) is 5.83. The van der Waals surface area contributed by atoms with Crippen molar-refractivity contribution < 1.29 is 19.1 Å². The van der Waals surface area contributed by atoms with Crippen LogP contribution in [0.25, 0.3) is 6.08 Å². The molecule has 1 saturated heterocycles. The molecule has 0 radical (unpaired) electrons. The number of nitrogens with zero attached hydrogens (tertiary/aromatic N) is 1. The van der Waals surface area contributed by atoms with Gasteiger partial charge >= 0.3 is 6.03 Å². The monoisotopic (exact) mass is 704 g/mol. The number of hydrogen-bond donors (Lipinski definition) is 1. The van der Waals surface area contributed by atoms with Crippen molar-refractivity contribution in [2.75, 3.05) is 4.90 Å². The smallest absolute Gasteiger partial charge is 0.335 e. The van der Waals surface area contributed by atoms with E-state index in [2.05, 4.69) is 43.8 Å². The highest BCUT2D eigenvalue weighted by Crippen LogP contribution is 2.34. The first-order valence-corrected chi connectivity index (χ1v) is 12.9. The van der Waals surface area contributed by atoms with Gasteiger partial charge in [0, 0.05) is 5.02 Å². The number of anilines is 1. The van der Waals surface area contributed by atoms with Gasteiger partial charge in [-0.2, -0.15) is 0 Å². The summed E-state index contributed by atoms with van der Waals surface area (Å²) < 4.78 is 7.30. The predicted octanol–water partition coefficient (Wildman–Crippen LogP) is 7.26. The van der Waals surface area contributed by atoms with Crippen LogP contribution >= 0.6 is 73.3 Å². The van der Waals surface area contributed by atoms with Crippen LogP contribution in [-0.4, -0.2) is 17.8 Å². The van der Waals surface area contributed by atoms with Crippen molar-refractivity contribution in [3.8, 4) is 5.75 Å². The van der Waals surface area contributed by atoms with E-state index in [1.807, 2.05) is 6.07 Å². The highest BCUT2D eigenvalue weighted by molar-refractivity contribution is 14.1. The van der Waals surface area contributed by atoms with Crippen molar-refractivity contribution >= 4 is 103 Å². The van der Waals surface area contributed by atoms with E-state index in [4.69, 9.17) is 39.5 Å². The summed E-state index contributed by atoms with van der Waals surface area (Å²) in [5.74, 6) is -0.945. The molecule has 0 aromatic heterocycles. The number of hydrogen-bond acceptors (Lipinski definition) is 4. The van der Waals surface area contributed by atoms with Gasteiger partial charge in [0.1, 0.15) is 17.9 Å². The van der Waals surface area contributed by atoms with Gasteiger partial charge < -0.3 is 4.74 Å². The maximum Gasteiger partial charge on any atom is 0.335 e. The van der Waals surface area contributed by atoms with Crippen LogP contribution in [0, 0.1) is 3.57 Å². The first-order valence-electron chi connectivity index (χ1n) is 9.87. The molecule has 1 aliphatic heterocycles. The highest BCUT2D eigenvalue weighted by Gasteiger charge is 2.36. The molecule has 6 nitrogen and oxygen atoms in total. The van der Waals surface area contributed by atoms with E-state index in [0.29, 0.717) is 30.9 Å². The molecular formula is C24H13BrCl3IN2O4. The lowest BCUT2D eigenvalue weighted by Crippen LogP contribution is -2.54. The molecule has 4 amide bonds. The number of benzene rings is 3. The van der Waals surface area contributed by atoms with Crippen LogP contribution < -0.4 is 15.0 Å². The fraction of sp³-hybridized carbons (Fsp3) is 0.0417. The molecule has 11 heteroatoms. The number of urea groups is 1. The summed E-state index contributed by atoms with van der Waals surface area (Å²) in [6.45, 7) is 0.255. The molecule has 0 aliphatic carbocycles. The van der Waals surface area contributed by atoms with Crippen LogP contribution in [0.3, 0.4) is 0 Å². The standard InChI is InChI=1S/C24H13BrCl3IN2O4/c25-17-8-13(10-20(29)21(17)35-11-12-1-6-18(27)19(28)9-12)7-16-22(32)30-24(34)31(23(16)33)15-4-2-14(26)3-5-15/h1-10H,11H2,(H,30,32,34)/b16-7+. The molecular weight excluding hydrogens is 693 g/mol. The Morgan fingerprint density at radius 1 is 0.971 bits per heavy atom. The zero-order valence-corrected chi connectivity index (χ0v) is 23.5. The van der Waals surface area contributed by atoms with E-state index in [0.717, 1.165) is 14.0 Å². The maximum atomic E-state index is 13.1. The lowest BCUT2D eigenvalue weighted by Gasteiger charge is -2.26. The molecule has 0 saturated carbocycles. The second kappa shape index (κ2) is 10.9. The van der Waals surface area contributed by atoms with Crippen molar-refractivity contribution in [3.63, 3.8) is 0 Å². The van der Waals surface area contributed by atoms with Gasteiger partial charge in [-0.1, -0.05) is 40.9 Å². The number of amides is 4. The van der Waals surface area contributed by atoms with Gasteiger partial charge in [0.05, 0.1) is 23.8 Å². The van der Waals surface area contributed by atoms with E-state index in [1.54, 1.807) is 36.4 Å². The van der Waals surface area contributed by atoms with Gasteiger partial charge in [0.15, 0.2) is 0 Å². The van der Waals surface area contributed by atoms with Crippen molar-refractivity contribution in [1.29, 1.82) is 0 Å². The van der Waals surface area contributed by atoms with Crippen LogP contribution in [0.15, 0.2) is 64.6 Å². The second-order valence-corrected chi connectivity index (χ2v) is 10.6. The lowest BCUT2D eigenvalue weighted by molar-refractivity contribution is -0.122. The van der Waals surface area contributed by atoms with Gasteiger partial charge in [-0.3, -0.25) is 14.9 Å². The lowest BCUT2D eigenvalue weighted by atomic mass is 10.1. The van der Waals surface area contributed by atoms with Crippen molar-refractivity contribution in [3.05, 3.63) is 94.4 Å². The normalized spacial score (nSPS) is 14.9. The van der Waals surface area contributed by atoms with Gasteiger partial charge in [0.2, 0.25) is 0 Å². The number of barbiturate groups is 1. The minimum absolute atomic E-state index is 0.188. The maximum absolute atomic E-state index is 13.1. The highest BCUT2D eigenvalue weighted by atomic mass is 127. The minimum Gasteiger partial charge on any atom is -0.487 e. The molecule has 3 aromatic rings. The number of carbonyl (C=O) groups excluding carboxylic acids is 3. The topological polar surface area (TPSA) is 75.7 Å². The molecule has 1 heterocycles. The van der Waals surface area contributed by atoms with E-state index in [1.165, 1.54) is 18.2 Å². The number of carbonyl (C=O) groups is 3. The van der Waals surface area contributed by atoms with Crippen LogP contribution in [0.1, 0.15) is 11.1 Å². The predicted molar refractivity (Wildman–Crippen MR) is 148 cm³/mol. The summed E-state index contributed by atoms with van der Waals surface area (Å²) >= 11 is 23.5. The number of halogens is 5. The van der Waals surface area contributed by atoms with Gasteiger partial charge in [-0.05, 0) is 104 Å². The minimum atomic E-state index is -0.832. The summed E-state index contributed by atoms with van der Waals surface area (Å²) in [7, 11) is 0.